The Labute approximate surface area is 176 Å². The van der Waals surface area contributed by atoms with Gasteiger partial charge in [0.15, 0.2) is 5.96 Å². The minimum absolute atomic E-state index is 0.453. The molecule has 0 radical (unpaired) electrons. The van der Waals surface area contributed by atoms with E-state index in [2.05, 4.69) is 32.7 Å². The minimum atomic E-state index is 0.453. The van der Waals surface area contributed by atoms with Gasteiger partial charge in [-0.25, -0.2) is 0 Å². The fourth-order valence-electron chi connectivity index (χ4n) is 4.37. The predicted molar refractivity (Wildman–Crippen MR) is 120 cm³/mol. The molecule has 0 amide bonds. The van der Waals surface area contributed by atoms with E-state index in [-0.39, 0.29) is 0 Å². The summed E-state index contributed by atoms with van der Waals surface area (Å²) in [6.45, 7) is 4.57. The molecule has 1 heterocycles. The molecule has 1 aromatic carbocycles. The Kier molecular flexibility index (Phi) is 8.93. The Morgan fingerprint density at radius 3 is 2.66 bits per heavy atom. The second-order valence-electron chi connectivity index (χ2n) is 8.14. The number of anilines is 1. The summed E-state index contributed by atoms with van der Waals surface area (Å²) in [5.74, 6) is 2.41. The van der Waals surface area contributed by atoms with Gasteiger partial charge in [-0.05, 0) is 37.3 Å². The number of guanidine groups is 1. The van der Waals surface area contributed by atoms with Gasteiger partial charge < -0.3 is 25.0 Å². The number of methoxy groups -OCH3 is 1. The molecule has 0 aromatic heterocycles. The van der Waals surface area contributed by atoms with Gasteiger partial charge in [-0.15, -0.1) is 0 Å². The summed E-state index contributed by atoms with van der Waals surface area (Å²) in [6, 6.07) is 8.27. The van der Waals surface area contributed by atoms with Crippen LogP contribution in [0.15, 0.2) is 29.3 Å². The molecule has 29 heavy (non-hydrogen) atoms. The Morgan fingerprint density at radius 2 is 1.90 bits per heavy atom. The van der Waals surface area contributed by atoms with Gasteiger partial charge in [0.1, 0.15) is 5.75 Å². The van der Waals surface area contributed by atoms with Crippen LogP contribution in [-0.4, -0.2) is 59.0 Å². The maximum atomic E-state index is 6.06. The molecule has 2 aliphatic rings. The lowest BCUT2D eigenvalue weighted by Crippen LogP contribution is -2.41. The molecule has 1 saturated carbocycles. The van der Waals surface area contributed by atoms with Crippen molar-refractivity contribution in [2.24, 2.45) is 10.9 Å². The average molecular weight is 403 g/mol. The Balaban J connectivity index is 1.34. The number of nitrogens with one attached hydrogen (secondary N) is 2. The molecule has 2 fully saturated rings. The second-order valence-corrected chi connectivity index (χ2v) is 8.14. The third kappa shape index (κ3) is 6.81. The number of hydrogen-bond donors (Lipinski definition) is 2. The standard InChI is InChI=1S/C23H38N4O2/c1-24-23(25-14-16-29-20-9-5-3-4-6-10-20)26-17-19-13-15-27(18-19)21-11-7-8-12-22(21)28-2/h7-8,11-12,19-20H,3-6,9-10,13-18H2,1-2H3,(H2,24,25,26). The first-order valence-corrected chi connectivity index (χ1v) is 11.2. The molecule has 1 atom stereocenters. The van der Waals surface area contributed by atoms with Crippen molar-refractivity contribution in [1.82, 2.24) is 10.6 Å². The summed E-state index contributed by atoms with van der Waals surface area (Å²) < 4.78 is 11.6. The van der Waals surface area contributed by atoms with E-state index in [1.807, 2.05) is 19.2 Å². The quantitative estimate of drug-likeness (QED) is 0.302. The highest BCUT2D eigenvalue weighted by atomic mass is 16.5. The molecular weight excluding hydrogens is 364 g/mol. The van der Waals surface area contributed by atoms with Crippen LogP contribution in [0.2, 0.25) is 0 Å². The van der Waals surface area contributed by atoms with Crippen LogP contribution in [0, 0.1) is 5.92 Å². The molecule has 162 valence electrons. The van der Waals surface area contributed by atoms with Gasteiger partial charge in [0.2, 0.25) is 0 Å². The van der Waals surface area contributed by atoms with Gasteiger partial charge in [-0.2, -0.15) is 0 Å². The van der Waals surface area contributed by atoms with Gasteiger partial charge >= 0.3 is 0 Å². The van der Waals surface area contributed by atoms with Crippen molar-refractivity contribution < 1.29 is 9.47 Å². The fourth-order valence-corrected chi connectivity index (χ4v) is 4.37. The number of ether oxygens (including phenoxy) is 2. The largest absolute Gasteiger partial charge is 0.495 e. The van der Waals surface area contributed by atoms with Crippen molar-refractivity contribution in [2.75, 3.05) is 51.8 Å². The van der Waals surface area contributed by atoms with E-state index in [9.17, 15) is 0 Å². The second kappa shape index (κ2) is 11.9. The zero-order valence-corrected chi connectivity index (χ0v) is 18.2. The van der Waals surface area contributed by atoms with Crippen molar-refractivity contribution in [3.8, 4) is 5.75 Å². The highest BCUT2D eigenvalue weighted by Gasteiger charge is 2.24. The topological polar surface area (TPSA) is 58.1 Å². The SMILES string of the molecule is CN=C(NCCOC1CCCCCC1)NCC1CCN(c2ccccc2OC)C1. The Bertz CT molecular complexity index is 629. The zero-order chi connectivity index (χ0) is 20.3. The summed E-state index contributed by atoms with van der Waals surface area (Å²) in [5.41, 5.74) is 1.19. The third-order valence-electron chi connectivity index (χ3n) is 6.04. The molecule has 6 heteroatoms. The summed E-state index contributed by atoms with van der Waals surface area (Å²) in [4.78, 5) is 6.78. The zero-order valence-electron chi connectivity index (χ0n) is 18.2. The number of benzene rings is 1. The number of hydrogen-bond acceptors (Lipinski definition) is 4. The molecule has 1 aromatic rings. The molecular formula is C23H38N4O2. The molecule has 1 saturated heterocycles. The number of nitrogens with zero attached hydrogens (tertiary/aromatic N) is 2. The predicted octanol–water partition coefficient (Wildman–Crippen LogP) is 3.43. The number of para-hydroxylation sites is 2. The van der Waals surface area contributed by atoms with Gasteiger partial charge in [0.05, 0.1) is 25.5 Å². The fraction of sp³-hybridized carbons (Fsp3) is 0.696. The van der Waals surface area contributed by atoms with Crippen molar-refractivity contribution in [3.63, 3.8) is 0 Å². The van der Waals surface area contributed by atoms with E-state index in [1.165, 1.54) is 50.6 Å². The summed E-state index contributed by atoms with van der Waals surface area (Å²) in [6.07, 6.45) is 9.42. The van der Waals surface area contributed by atoms with Gasteiger partial charge in [-0.1, -0.05) is 37.8 Å². The highest BCUT2D eigenvalue weighted by molar-refractivity contribution is 5.79. The summed E-state index contributed by atoms with van der Waals surface area (Å²) >= 11 is 0. The van der Waals surface area contributed by atoms with Crippen LogP contribution >= 0.6 is 0 Å². The smallest absolute Gasteiger partial charge is 0.191 e. The normalized spacial score (nSPS) is 21.1. The van der Waals surface area contributed by atoms with E-state index in [1.54, 1.807) is 7.11 Å². The number of aliphatic imine (C=N–C) groups is 1. The van der Waals surface area contributed by atoms with Gasteiger partial charge in [-0.3, -0.25) is 4.99 Å². The van der Waals surface area contributed by atoms with E-state index in [0.717, 1.165) is 44.5 Å². The van der Waals surface area contributed by atoms with Crippen LogP contribution < -0.4 is 20.3 Å². The molecule has 0 spiro atoms. The van der Waals surface area contributed by atoms with E-state index >= 15 is 0 Å². The summed E-state index contributed by atoms with van der Waals surface area (Å²) in [7, 11) is 3.57. The number of rotatable bonds is 8. The molecule has 1 unspecified atom stereocenters. The van der Waals surface area contributed by atoms with Crippen LogP contribution in [0.25, 0.3) is 0 Å². The maximum absolute atomic E-state index is 6.06. The Morgan fingerprint density at radius 1 is 1.10 bits per heavy atom. The summed E-state index contributed by atoms with van der Waals surface area (Å²) in [5, 5.41) is 6.88. The van der Waals surface area contributed by atoms with Crippen LogP contribution in [0.5, 0.6) is 5.75 Å². The lowest BCUT2D eigenvalue weighted by molar-refractivity contribution is 0.0468. The highest BCUT2D eigenvalue weighted by Crippen LogP contribution is 2.31. The van der Waals surface area contributed by atoms with Crippen molar-refractivity contribution >= 4 is 11.6 Å². The van der Waals surface area contributed by atoms with E-state index in [4.69, 9.17) is 9.47 Å². The Hall–Kier alpha value is -1.95. The molecule has 3 rings (SSSR count). The molecule has 1 aliphatic heterocycles. The van der Waals surface area contributed by atoms with Crippen LogP contribution in [0.4, 0.5) is 5.69 Å². The third-order valence-corrected chi connectivity index (χ3v) is 6.04. The van der Waals surface area contributed by atoms with Crippen LogP contribution in [-0.2, 0) is 4.74 Å². The van der Waals surface area contributed by atoms with Crippen LogP contribution in [0.3, 0.4) is 0 Å². The lowest BCUT2D eigenvalue weighted by atomic mass is 10.1. The van der Waals surface area contributed by atoms with E-state index in [0.29, 0.717) is 12.0 Å². The van der Waals surface area contributed by atoms with Gasteiger partial charge in [0, 0.05) is 33.2 Å². The van der Waals surface area contributed by atoms with E-state index < -0.39 is 0 Å². The molecule has 1 aliphatic carbocycles. The van der Waals surface area contributed by atoms with Crippen molar-refractivity contribution in [3.05, 3.63) is 24.3 Å². The first-order valence-electron chi connectivity index (χ1n) is 11.2. The van der Waals surface area contributed by atoms with Crippen LogP contribution in [0.1, 0.15) is 44.9 Å². The average Bonchev–Trinajstić information content (AvgIpc) is 3.08. The lowest BCUT2D eigenvalue weighted by Gasteiger charge is -2.21. The van der Waals surface area contributed by atoms with Crippen molar-refractivity contribution in [1.29, 1.82) is 0 Å². The molecule has 2 N–H and O–H groups in total. The first kappa shape index (κ1) is 21.8. The molecule has 6 nitrogen and oxygen atoms in total. The monoisotopic (exact) mass is 402 g/mol. The molecule has 0 bridgehead atoms. The van der Waals surface area contributed by atoms with Gasteiger partial charge in [0.25, 0.3) is 0 Å². The minimum Gasteiger partial charge on any atom is -0.495 e. The van der Waals surface area contributed by atoms with Crippen molar-refractivity contribution in [2.45, 2.75) is 51.0 Å². The maximum Gasteiger partial charge on any atom is 0.191 e. The first-order chi connectivity index (χ1) is 14.3.